The van der Waals surface area contributed by atoms with Gasteiger partial charge in [-0.25, -0.2) is 4.79 Å². The molecule has 2 amide bonds. The molecule has 2 aliphatic carbocycles. The van der Waals surface area contributed by atoms with Crippen molar-refractivity contribution in [1.29, 1.82) is 0 Å². The number of urea groups is 1. The van der Waals surface area contributed by atoms with Crippen LogP contribution in [0, 0.1) is 0 Å². The number of benzene rings is 1. The monoisotopic (exact) mass is 304 g/mol. The maximum absolute atomic E-state index is 12.3. The lowest BCUT2D eigenvalue weighted by atomic mass is 9.99. The second-order valence-corrected chi connectivity index (χ2v) is 6.36. The highest BCUT2D eigenvalue weighted by Gasteiger charge is 2.35. The van der Waals surface area contributed by atoms with Crippen LogP contribution in [0.25, 0.3) is 0 Å². The molecule has 120 valence electrons. The Labute approximate surface area is 131 Å². The summed E-state index contributed by atoms with van der Waals surface area (Å²) in [5.74, 6) is 0.893. The Hall–Kier alpha value is -1.75. The van der Waals surface area contributed by atoms with E-state index in [2.05, 4.69) is 10.6 Å². The molecule has 0 spiro atoms. The lowest BCUT2D eigenvalue weighted by Crippen LogP contribution is -2.53. The van der Waals surface area contributed by atoms with Crippen molar-refractivity contribution < 1.29 is 14.6 Å². The maximum Gasteiger partial charge on any atom is 0.315 e. The highest BCUT2D eigenvalue weighted by molar-refractivity contribution is 5.75. The van der Waals surface area contributed by atoms with Crippen LogP contribution in [0.15, 0.2) is 18.2 Å². The van der Waals surface area contributed by atoms with Crippen molar-refractivity contribution >= 4 is 6.03 Å². The molecule has 0 heterocycles. The number of carbonyl (C=O) groups excluding carboxylic acids is 1. The van der Waals surface area contributed by atoms with Gasteiger partial charge in [0.05, 0.1) is 25.3 Å². The van der Waals surface area contributed by atoms with Crippen molar-refractivity contribution in [3.8, 4) is 5.75 Å². The Morgan fingerprint density at radius 2 is 2.18 bits per heavy atom. The number of fused-ring (bicyclic) bond motifs is 1. The van der Waals surface area contributed by atoms with E-state index >= 15 is 0 Å². The summed E-state index contributed by atoms with van der Waals surface area (Å²) in [6.45, 7) is 0.00942. The average molecular weight is 304 g/mol. The third kappa shape index (κ3) is 2.77. The predicted molar refractivity (Wildman–Crippen MR) is 84.0 cm³/mol. The van der Waals surface area contributed by atoms with Gasteiger partial charge in [-0.3, -0.25) is 0 Å². The Bertz CT molecular complexity index is 553. The molecular formula is C17H24N2O3. The molecule has 5 nitrogen and oxygen atoms in total. The first-order valence-electron chi connectivity index (χ1n) is 8.03. The van der Waals surface area contributed by atoms with Crippen LogP contribution in [0.1, 0.15) is 49.3 Å². The van der Waals surface area contributed by atoms with Gasteiger partial charge in [0.2, 0.25) is 0 Å². The molecular weight excluding hydrogens is 280 g/mol. The zero-order chi connectivity index (χ0) is 15.6. The van der Waals surface area contributed by atoms with Gasteiger partial charge in [-0.05, 0) is 42.9 Å². The summed E-state index contributed by atoms with van der Waals surface area (Å²) in [7, 11) is 1.67. The third-order valence-corrected chi connectivity index (χ3v) is 4.99. The van der Waals surface area contributed by atoms with Gasteiger partial charge in [-0.1, -0.05) is 25.0 Å². The largest absolute Gasteiger partial charge is 0.496 e. The summed E-state index contributed by atoms with van der Waals surface area (Å²) in [5.41, 5.74) is 1.90. The quantitative estimate of drug-likeness (QED) is 0.799. The van der Waals surface area contributed by atoms with Crippen molar-refractivity contribution in [3.05, 3.63) is 29.3 Å². The minimum Gasteiger partial charge on any atom is -0.496 e. The van der Waals surface area contributed by atoms with Gasteiger partial charge >= 0.3 is 6.03 Å². The molecule has 1 atom stereocenters. The summed E-state index contributed by atoms with van der Waals surface area (Å²) < 4.78 is 5.39. The van der Waals surface area contributed by atoms with Crippen molar-refractivity contribution in [1.82, 2.24) is 10.6 Å². The molecule has 3 N–H and O–H groups in total. The minimum absolute atomic E-state index is 0.00942. The van der Waals surface area contributed by atoms with Gasteiger partial charge in [0.1, 0.15) is 5.75 Å². The molecule has 1 fully saturated rings. The van der Waals surface area contributed by atoms with Crippen LogP contribution in [0.3, 0.4) is 0 Å². The summed E-state index contributed by atoms with van der Waals surface area (Å²) in [4.78, 5) is 12.3. The Balaban J connectivity index is 1.67. The lowest BCUT2D eigenvalue weighted by molar-refractivity contribution is 0.161. The maximum atomic E-state index is 12.3. The fraction of sp³-hybridized carbons (Fsp3) is 0.588. The van der Waals surface area contributed by atoms with Crippen LogP contribution >= 0.6 is 0 Å². The van der Waals surface area contributed by atoms with E-state index in [1.54, 1.807) is 7.11 Å². The topological polar surface area (TPSA) is 70.6 Å². The zero-order valence-electron chi connectivity index (χ0n) is 13.0. The Morgan fingerprint density at radius 1 is 1.41 bits per heavy atom. The van der Waals surface area contributed by atoms with E-state index in [0.29, 0.717) is 0 Å². The van der Waals surface area contributed by atoms with Crippen LogP contribution < -0.4 is 15.4 Å². The van der Waals surface area contributed by atoms with Crippen molar-refractivity contribution in [3.63, 3.8) is 0 Å². The highest BCUT2D eigenvalue weighted by Crippen LogP contribution is 2.37. The van der Waals surface area contributed by atoms with Crippen molar-refractivity contribution in [2.45, 2.75) is 50.1 Å². The Kier molecular flexibility index (Phi) is 4.25. The first kappa shape index (κ1) is 15.2. The summed E-state index contributed by atoms with van der Waals surface area (Å²) in [6.07, 6.45) is 5.62. The molecule has 1 aromatic carbocycles. The average Bonchev–Trinajstić information content (AvgIpc) is 3.15. The van der Waals surface area contributed by atoms with E-state index < -0.39 is 5.54 Å². The van der Waals surface area contributed by atoms with E-state index in [1.807, 2.05) is 18.2 Å². The van der Waals surface area contributed by atoms with Gasteiger partial charge in [0.25, 0.3) is 0 Å². The molecule has 1 unspecified atom stereocenters. The lowest BCUT2D eigenvalue weighted by Gasteiger charge is -2.29. The molecule has 3 rings (SSSR count). The fourth-order valence-electron chi connectivity index (χ4n) is 3.77. The molecule has 0 radical (unpaired) electrons. The minimum atomic E-state index is -0.431. The van der Waals surface area contributed by atoms with Crippen molar-refractivity contribution in [2.75, 3.05) is 13.7 Å². The molecule has 0 aliphatic heterocycles. The number of amides is 2. The van der Waals surface area contributed by atoms with Gasteiger partial charge in [0.15, 0.2) is 0 Å². The van der Waals surface area contributed by atoms with E-state index in [9.17, 15) is 9.90 Å². The first-order valence-corrected chi connectivity index (χ1v) is 8.03. The second kappa shape index (κ2) is 6.16. The molecule has 1 saturated carbocycles. The van der Waals surface area contributed by atoms with Crippen LogP contribution in [0.4, 0.5) is 4.79 Å². The smallest absolute Gasteiger partial charge is 0.315 e. The SMILES string of the molecule is COc1cccc2c1CCC2NC(=O)NC1(CO)CCCC1. The normalized spacial score (nSPS) is 22.2. The van der Waals surface area contributed by atoms with E-state index in [0.717, 1.165) is 49.8 Å². The van der Waals surface area contributed by atoms with E-state index in [4.69, 9.17) is 4.74 Å². The zero-order valence-corrected chi connectivity index (χ0v) is 13.0. The number of aliphatic hydroxyl groups excluding tert-OH is 1. The van der Waals surface area contributed by atoms with Crippen LogP contribution in [-0.4, -0.2) is 30.4 Å². The number of hydrogen-bond donors (Lipinski definition) is 3. The number of ether oxygens (including phenoxy) is 1. The number of methoxy groups -OCH3 is 1. The fourth-order valence-corrected chi connectivity index (χ4v) is 3.77. The molecule has 1 aromatic rings. The molecule has 0 aromatic heterocycles. The van der Waals surface area contributed by atoms with E-state index in [-0.39, 0.29) is 18.7 Å². The molecule has 0 bridgehead atoms. The molecule has 22 heavy (non-hydrogen) atoms. The number of nitrogens with one attached hydrogen (secondary N) is 2. The van der Waals surface area contributed by atoms with Gasteiger partial charge in [0, 0.05) is 0 Å². The number of hydrogen-bond acceptors (Lipinski definition) is 3. The van der Waals surface area contributed by atoms with Gasteiger partial charge in [-0.15, -0.1) is 0 Å². The standard InChI is InChI=1S/C17H24N2O3/c1-22-15-6-4-5-12-13(15)7-8-14(12)18-16(21)19-17(11-20)9-2-3-10-17/h4-6,14,20H,2-3,7-11H2,1H3,(H2,18,19,21). The predicted octanol–water partition coefficient (Wildman–Crippen LogP) is 2.29. The second-order valence-electron chi connectivity index (χ2n) is 6.36. The summed E-state index contributed by atoms with van der Waals surface area (Å²) in [5, 5.41) is 15.6. The summed E-state index contributed by atoms with van der Waals surface area (Å²) >= 11 is 0. The van der Waals surface area contributed by atoms with Gasteiger partial charge < -0.3 is 20.5 Å². The van der Waals surface area contributed by atoms with Crippen molar-refractivity contribution in [2.24, 2.45) is 0 Å². The molecule has 5 heteroatoms. The van der Waals surface area contributed by atoms with E-state index in [1.165, 1.54) is 5.56 Å². The number of carbonyl (C=O) groups is 1. The number of rotatable bonds is 4. The summed E-state index contributed by atoms with van der Waals surface area (Å²) in [6, 6.07) is 5.80. The Morgan fingerprint density at radius 3 is 2.86 bits per heavy atom. The van der Waals surface area contributed by atoms with Crippen LogP contribution in [0.2, 0.25) is 0 Å². The third-order valence-electron chi connectivity index (χ3n) is 4.99. The molecule has 0 saturated heterocycles. The van der Waals surface area contributed by atoms with Crippen LogP contribution in [-0.2, 0) is 6.42 Å². The van der Waals surface area contributed by atoms with Crippen LogP contribution in [0.5, 0.6) is 5.75 Å². The molecule has 2 aliphatic rings. The highest BCUT2D eigenvalue weighted by atomic mass is 16.5. The number of aliphatic hydroxyl groups is 1. The first-order chi connectivity index (χ1) is 10.7. The van der Waals surface area contributed by atoms with Gasteiger partial charge in [-0.2, -0.15) is 0 Å².